The first kappa shape index (κ1) is 16.2. The summed E-state index contributed by atoms with van der Waals surface area (Å²) < 4.78 is 9.58. The van der Waals surface area contributed by atoms with Crippen molar-refractivity contribution in [1.29, 1.82) is 0 Å². The van der Waals surface area contributed by atoms with Gasteiger partial charge in [0.15, 0.2) is 11.2 Å². The van der Waals surface area contributed by atoms with Crippen molar-refractivity contribution >= 4 is 17.7 Å². The average Bonchev–Trinajstić information content (AvgIpc) is 2.92. The number of rotatable bonds is 4. The van der Waals surface area contributed by atoms with Gasteiger partial charge in [-0.25, -0.2) is 0 Å². The number of ketones is 1. The molecule has 5 heteroatoms. The van der Waals surface area contributed by atoms with Crippen LogP contribution in [0.4, 0.5) is 0 Å². The van der Waals surface area contributed by atoms with Gasteiger partial charge in [0.25, 0.3) is 0 Å². The van der Waals surface area contributed by atoms with Crippen molar-refractivity contribution in [3.63, 3.8) is 0 Å². The van der Waals surface area contributed by atoms with Crippen LogP contribution in [-0.4, -0.2) is 31.9 Å². The van der Waals surface area contributed by atoms with E-state index in [9.17, 15) is 14.4 Å². The van der Waals surface area contributed by atoms with Gasteiger partial charge in [-0.1, -0.05) is 37.3 Å². The second kappa shape index (κ2) is 6.30. The zero-order valence-electron chi connectivity index (χ0n) is 13.0. The Bertz CT molecular complexity index is 562. The van der Waals surface area contributed by atoms with Crippen molar-refractivity contribution in [1.82, 2.24) is 0 Å². The molecule has 0 saturated heterocycles. The molecule has 0 N–H and O–H groups in total. The summed E-state index contributed by atoms with van der Waals surface area (Å²) in [4.78, 5) is 37.0. The largest absolute Gasteiger partial charge is 0.468 e. The number of ether oxygens (including phenoxy) is 2. The molecule has 0 heterocycles. The Morgan fingerprint density at radius 1 is 1.00 bits per heavy atom. The number of esters is 2. The number of benzene rings is 1. The first-order chi connectivity index (χ1) is 10.5. The molecular weight excluding hydrogens is 284 g/mol. The maximum absolute atomic E-state index is 12.7. The van der Waals surface area contributed by atoms with Crippen molar-refractivity contribution in [2.45, 2.75) is 19.8 Å². The minimum atomic E-state index is -1.38. The number of hydrogen-bond donors (Lipinski definition) is 0. The molecule has 5 nitrogen and oxygen atoms in total. The summed E-state index contributed by atoms with van der Waals surface area (Å²) in [6.07, 6.45) is 0.386. The lowest BCUT2D eigenvalue weighted by Gasteiger charge is -2.23. The molecule has 1 saturated carbocycles. The number of carbonyl (C=O) groups is 3. The molecule has 1 aliphatic carbocycles. The van der Waals surface area contributed by atoms with E-state index in [1.807, 2.05) is 13.0 Å². The molecular formula is C17H20O5. The second-order valence-corrected chi connectivity index (χ2v) is 5.79. The van der Waals surface area contributed by atoms with Crippen molar-refractivity contribution < 1.29 is 23.9 Å². The summed E-state index contributed by atoms with van der Waals surface area (Å²) in [6, 6.07) is 8.90. The van der Waals surface area contributed by atoms with Gasteiger partial charge in [0, 0.05) is 11.5 Å². The van der Waals surface area contributed by atoms with Crippen LogP contribution in [-0.2, 0) is 19.1 Å². The zero-order valence-corrected chi connectivity index (χ0v) is 13.0. The molecule has 118 valence electrons. The van der Waals surface area contributed by atoms with Crippen LogP contribution < -0.4 is 0 Å². The van der Waals surface area contributed by atoms with Gasteiger partial charge in [0.1, 0.15) is 0 Å². The number of methoxy groups -OCH3 is 2. The van der Waals surface area contributed by atoms with E-state index in [1.54, 1.807) is 24.3 Å². The Kier molecular flexibility index (Phi) is 4.64. The van der Waals surface area contributed by atoms with E-state index in [0.717, 1.165) is 0 Å². The molecule has 0 amide bonds. The van der Waals surface area contributed by atoms with Gasteiger partial charge < -0.3 is 9.47 Å². The first-order valence-electron chi connectivity index (χ1n) is 7.22. The maximum atomic E-state index is 12.7. The van der Waals surface area contributed by atoms with Crippen LogP contribution in [0.15, 0.2) is 30.3 Å². The van der Waals surface area contributed by atoms with E-state index in [1.165, 1.54) is 14.2 Å². The molecule has 0 aliphatic heterocycles. The van der Waals surface area contributed by atoms with Gasteiger partial charge in [-0.05, 0) is 18.8 Å². The van der Waals surface area contributed by atoms with E-state index in [4.69, 9.17) is 9.47 Å². The van der Waals surface area contributed by atoms with Crippen LogP contribution in [0.2, 0.25) is 0 Å². The van der Waals surface area contributed by atoms with Gasteiger partial charge in [-0.3, -0.25) is 14.4 Å². The normalized spacial score (nSPS) is 22.9. The Morgan fingerprint density at radius 3 is 2.05 bits per heavy atom. The molecule has 2 unspecified atom stereocenters. The van der Waals surface area contributed by atoms with Crippen LogP contribution >= 0.6 is 0 Å². The number of hydrogen-bond acceptors (Lipinski definition) is 5. The number of carbonyl (C=O) groups excluding carboxylic acids is 3. The van der Waals surface area contributed by atoms with Crippen LogP contribution in [0.5, 0.6) is 0 Å². The maximum Gasteiger partial charge on any atom is 0.323 e. The predicted octanol–water partition coefficient (Wildman–Crippen LogP) is 2.25. The molecule has 22 heavy (non-hydrogen) atoms. The molecule has 0 spiro atoms. The van der Waals surface area contributed by atoms with Crippen molar-refractivity contribution in [2.24, 2.45) is 17.3 Å². The fourth-order valence-corrected chi connectivity index (χ4v) is 3.33. The lowest BCUT2D eigenvalue weighted by Crippen LogP contribution is -2.39. The number of Topliss-reactive ketones (excluding diaryl/α,β-unsaturated/α-hetero) is 1. The van der Waals surface area contributed by atoms with Crippen molar-refractivity contribution in [3.05, 3.63) is 35.9 Å². The molecule has 0 bridgehead atoms. The third kappa shape index (κ3) is 2.63. The Morgan fingerprint density at radius 2 is 1.55 bits per heavy atom. The minimum Gasteiger partial charge on any atom is -0.468 e. The Hall–Kier alpha value is -2.17. The first-order valence-corrected chi connectivity index (χ1v) is 7.22. The van der Waals surface area contributed by atoms with E-state index in [2.05, 4.69) is 0 Å². The standard InChI is InChI=1S/C17H20O5/c1-11-9-17(15(19)21-2,16(20)22-3)10-13(11)14(18)12-7-5-4-6-8-12/h4-8,11,13H,9-10H2,1-3H3. The molecule has 1 aromatic rings. The highest BCUT2D eigenvalue weighted by Gasteiger charge is 2.57. The van der Waals surface area contributed by atoms with E-state index < -0.39 is 23.3 Å². The van der Waals surface area contributed by atoms with Crippen molar-refractivity contribution in [3.8, 4) is 0 Å². The van der Waals surface area contributed by atoms with E-state index in [0.29, 0.717) is 5.56 Å². The average molecular weight is 304 g/mol. The predicted molar refractivity (Wildman–Crippen MR) is 79.1 cm³/mol. The van der Waals surface area contributed by atoms with E-state index in [-0.39, 0.29) is 24.5 Å². The quantitative estimate of drug-likeness (QED) is 0.485. The van der Waals surface area contributed by atoms with Crippen LogP contribution in [0.25, 0.3) is 0 Å². The summed E-state index contributed by atoms with van der Waals surface area (Å²) in [5.74, 6) is -1.82. The summed E-state index contributed by atoms with van der Waals surface area (Å²) in [5.41, 5.74) is -0.789. The molecule has 0 radical (unpaired) electrons. The monoisotopic (exact) mass is 304 g/mol. The lowest BCUT2D eigenvalue weighted by molar-refractivity contribution is -0.169. The summed E-state index contributed by atoms with van der Waals surface area (Å²) in [7, 11) is 2.48. The highest BCUT2D eigenvalue weighted by Crippen LogP contribution is 2.48. The highest BCUT2D eigenvalue weighted by molar-refractivity contribution is 6.04. The molecule has 1 aromatic carbocycles. The van der Waals surface area contributed by atoms with Crippen LogP contribution in [0.1, 0.15) is 30.1 Å². The van der Waals surface area contributed by atoms with Crippen LogP contribution in [0.3, 0.4) is 0 Å². The third-order valence-electron chi connectivity index (χ3n) is 4.47. The highest BCUT2D eigenvalue weighted by atomic mass is 16.5. The van der Waals surface area contributed by atoms with Gasteiger partial charge in [-0.15, -0.1) is 0 Å². The third-order valence-corrected chi connectivity index (χ3v) is 4.47. The fourth-order valence-electron chi connectivity index (χ4n) is 3.33. The van der Waals surface area contributed by atoms with Crippen molar-refractivity contribution in [2.75, 3.05) is 14.2 Å². The smallest absolute Gasteiger partial charge is 0.323 e. The summed E-state index contributed by atoms with van der Waals surface area (Å²) in [5, 5.41) is 0. The Labute approximate surface area is 129 Å². The van der Waals surface area contributed by atoms with Gasteiger partial charge in [0.2, 0.25) is 0 Å². The van der Waals surface area contributed by atoms with Gasteiger partial charge >= 0.3 is 11.9 Å². The minimum absolute atomic E-state index is 0.0530. The Balaban J connectivity index is 2.32. The lowest BCUT2D eigenvalue weighted by atomic mass is 9.84. The van der Waals surface area contributed by atoms with Gasteiger partial charge in [0.05, 0.1) is 14.2 Å². The molecule has 0 aromatic heterocycles. The SMILES string of the molecule is COC(=O)C1(C(=O)OC)CC(C)C(C(=O)c2ccccc2)C1. The van der Waals surface area contributed by atoms with Crippen LogP contribution in [0, 0.1) is 17.3 Å². The summed E-state index contributed by atoms with van der Waals surface area (Å²) >= 11 is 0. The molecule has 2 rings (SSSR count). The molecule has 1 fully saturated rings. The van der Waals surface area contributed by atoms with E-state index >= 15 is 0 Å². The van der Waals surface area contributed by atoms with Gasteiger partial charge in [-0.2, -0.15) is 0 Å². The zero-order chi connectivity index (χ0) is 16.3. The second-order valence-electron chi connectivity index (χ2n) is 5.79. The fraction of sp³-hybridized carbons (Fsp3) is 0.471. The molecule has 1 aliphatic rings. The topological polar surface area (TPSA) is 69.7 Å². The summed E-state index contributed by atoms with van der Waals surface area (Å²) in [6.45, 7) is 1.87. The molecule has 2 atom stereocenters.